The molecule has 2 aliphatic rings. The molecule has 0 aliphatic carbocycles. The molecule has 2 aromatic carbocycles. The van der Waals surface area contributed by atoms with E-state index in [9.17, 15) is 9.59 Å². The molecule has 0 radical (unpaired) electrons. The molecular weight excluding hydrogens is 378 g/mol. The number of aryl methyl sites for hydroxylation is 1. The molecule has 3 heterocycles. The number of benzene rings is 2. The van der Waals surface area contributed by atoms with E-state index in [4.69, 9.17) is 4.74 Å². The highest BCUT2D eigenvalue weighted by Gasteiger charge is 2.41. The van der Waals surface area contributed by atoms with Crippen molar-refractivity contribution in [1.29, 1.82) is 0 Å². The minimum atomic E-state index is -0.273. The number of ether oxygens (including phenoxy) is 1. The lowest BCUT2D eigenvalue weighted by Crippen LogP contribution is -2.46. The Morgan fingerprint density at radius 3 is 2.57 bits per heavy atom. The minimum absolute atomic E-state index is 0.0256. The van der Waals surface area contributed by atoms with E-state index in [1.54, 1.807) is 9.80 Å². The van der Waals surface area contributed by atoms with E-state index in [-0.39, 0.29) is 24.4 Å². The number of aromatic nitrogens is 1. The van der Waals surface area contributed by atoms with Crippen molar-refractivity contribution in [1.82, 2.24) is 14.4 Å². The Morgan fingerprint density at radius 2 is 1.77 bits per heavy atom. The van der Waals surface area contributed by atoms with Crippen molar-refractivity contribution < 1.29 is 14.3 Å². The van der Waals surface area contributed by atoms with Gasteiger partial charge in [0.05, 0.1) is 19.3 Å². The number of para-hydroxylation sites is 1. The fraction of sp³-hybridized carbons (Fsp3) is 0.333. The van der Waals surface area contributed by atoms with E-state index in [1.807, 2.05) is 43.4 Å². The van der Waals surface area contributed by atoms with E-state index in [0.717, 1.165) is 27.7 Å². The summed E-state index contributed by atoms with van der Waals surface area (Å²) in [5, 5.41) is 1.12. The molecule has 1 aromatic heterocycles. The van der Waals surface area contributed by atoms with E-state index in [1.165, 1.54) is 0 Å². The summed E-state index contributed by atoms with van der Waals surface area (Å²) in [4.78, 5) is 30.0. The zero-order valence-electron chi connectivity index (χ0n) is 17.3. The zero-order valence-corrected chi connectivity index (χ0v) is 17.3. The second-order valence-electron chi connectivity index (χ2n) is 7.99. The number of hydrogen-bond donors (Lipinski definition) is 0. The monoisotopic (exact) mass is 403 g/mol. The Balaban J connectivity index is 1.61. The summed E-state index contributed by atoms with van der Waals surface area (Å²) in [7, 11) is 2.05. The van der Waals surface area contributed by atoms with Crippen molar-refractivity contribution in [2.45, 2.75) is 13.0 Å². The van der Waals surface area contributed by atoms with Gasteiger partial charge in [-0.1, -0.05) is 36.4 Å². The maximum absolute atomic E-state index is 13.4. The Morgan fingerprint density at radius 1 is 1.07 bits per heavy atom. The van der Waals surface area contributed by atoms with Gasteiger partial charge in [0.15, 0.2) is 0 Å². The van der Waals surface area contributed by atoms with Gasteiger partial charge in [0.1, 0.15) is 6.54 Å². The molecule has 0 unspecified atom stereocenters. The van der Waals surface area contributed by atoms with Crippen LogP contribution in [0.3, 0.4) is 0 Å². The smallest absolute Gasteiger partial charge is 0.255 e. The van der Waals surface area contributed by atoms with E-state index < -0.39 is 0 Å². The van der Waals surface area contributed by atoms with Gasteiger partial charge >= 0.3 is 0 Å². The highest BCUT2D eigenvalue weighted by atomic mass is 16.5. The van der Waals surface area contributed by atoms with Crippen LogP contribution in [0.5, 0.6) is 0 Å². The largest absolute Gasteiger partial charge is 0.378 e. The number of hydrogen-bond acceptors (Lipinski definition) is 3. The normalized spacial score (nSPS) is 18.9. The molecule has 6 heteroatoms. The fourth-order valence-corrected chi connectivity index (χ4v) is 4.80. The summed E-state index contributed by atoms with van der Waals surface area (Å²) < 4.78 is 7.54. The van der Waals surface area contributed by atoms with Crippen molar-refractivity contribution >= 4 is 22.7 Å². The van der Waals surface area contributed by atoms with Gasteiger partial charge in [-0.25, -0.2) is 0 Å². The first-order valence-electron chi connectivity index (χ1n) is 10.4. The topological polar surface area (TPSA) is 54.8 Å². The first-order chi connectivity index (χ1) is 14.6. The highest BCUT2D eigenvalue weighted by Crippen LogP contribution is 2.43. The molecule has 2 aliphatic heterocycles. The number of amides is 2. The van der Waals surface area contributed by atoms with Crippen molar-refractivity contribution in [3.8, 4) is 0 Å². The van der Waals surface area contributed by atoms with Gasteiger partial charge in [-0.3, -0.25) is 9.59 Å². The van der Waals surface area contributed by atoms with Gasteiger partial charge in [0, 0.05) is 47.9 Å². The van der Waals surface area contributed by atoms with Crippen LogP contribution in [-0.2, 0) is 16.6 Å². The molecule has 30 heavy (non-hydrogen) atoms. The van der Waals surface area contributed by atoms with Gasteiger partial charge in [-0.15, -0.1) is 0 Å². The van der Waals surface area contributed by atoms with Crippen LogP contribution >= 0.6 is 0 Å². The van der Waals surface area contributed by atoms with Crippen LogP contribution in [-0.4, -0.2) is 59.0 Å². The van der Waals surface area contributed by atoms with Crippen molar-refractivity contribution in [3.63, 3.8) is 0 Å². The first-order valence-corrected chi connectivity index (χ1v) is 10.4. The molecule has 5 rings (SSSR count). The third-order valence-electron chi connectivity index (χ3n) is 6.45. The van der Waals surface area contributed by atoms with Crippen LogP contribution in [0.15, 0.2) is 48.5 Å². The molecular formula is C24H25N3O3. The zero-order chi connectivity index (χ0) is 20.8. The van der Waals surface area contributed by atoms with Crippen LogP contribution in [0.4, 0.5) is 0 Å². The summed E-state index contributed by atoms with van der Waals surface area (Å²) in [6, 6.07) is 15.7. The predicted molar refractivity (Wildman–Crippen MR) is 114 cm³/mol. The third kappa shape index (κ3) is 2.82. The maximum Gasteiger partial charge on any atom is 0.255 e. The SMILES string of the molecule is Cc1c([C@H]2c3ccccc3C(=O)N2CC(=O)N2CCOCC2)c2ccccc2n1C. The Kier molecular flexibility index (Phi) is 4.59. The molecule has 3 aromatic rings. The number of rotatable bonds is 3. The molecule has 154 valence electrons. The van der Waals surface area contributed by atoms with Gasteiger partial charge in [-0.05, 0) is 24.6 Å². The molecule has 1 atom stereocenters. The van der Waals surface area contributed by atoms with Crippen LogP contribution in [0.25, 0.3) is 10.9 Å². The Labute approximate surface area is 175 Å². The molecule has 0 N–H and O–H groups in total. The molecule has 1 saturated heterocycles. The average Bonchev–Trinajstić information content (AvgIpc) is 3.20. The fourth-order valence-electron chi connectivity index (χ4n) is 4.80. The molecule has 0 saturated carbocycles. The molecule has 1 fully saturated rings. The van der Waals surface area contributed by atoms with Crippen molar-refractivity contribution in [2.24, 2.45) is 7.05 Å². The lowest BCUT2D eigenvalue weighted by molar-refractivity contribution is -0.136. The van der Waals surface area contributed by atoms with Crippen LogP contribution in [0, 0.1) is 6.92 Å². The molecule has 0 bridgehead atoms. The average molecular weight is 403 g/mol. The number of fused-ring (bicyclic) bond motifs is 2. The summed E-state index contributed by atoms with van der Waals surface area (Å²) in [5.41, 5.74) is 4.98. The first kappa shape index (κ1) is 18.9. The van der Waals surface area contributed by atoms with Crippen LogP contribution in [0.2, 0.25) is 0 Å². The standard InChI is InChI=1S/C24H25N3O3/c1-16-22(19-9-5-6-10-20(19)25(16)2)23-17-7-3-4-8-18(17)24(29)27(23)15-21(28)26-11-13-30-14-12-26/h3-10,23H,11-15H2,1-2H3/t23-/m1/s1. The van der Waals surface area contributed by atoms with Gasteiger partial charge in [-0.2, -0.15) is 0 Å². The summed E-state index contributed by atoms with van der Waals surface area (Å²) in [6.07, 6.45) is 0. The van der Waals surface area contributed by atoms with Crippen LogP contribution in [0.1, 0.15) is 33.2 Å². The van der Waals surface area contributed by atoms with E-state index >= 15 is 0 Å². The predicted octanol–water partition coefficient (Wildman–Crippen LogP) is 2.89. The summed E-state index contributed by atoms with van der Waals surface area (Å²) in [5.74, 6) is -0.105. The minimum Gasteiger partial charge on any atom is -0.378 e. The number of carbonyl (C=O) groups excluding carboxylic acids is 2. The molecule has 6 nitrogen and oxygen atoms in total. The van der Waals surface area contributed by atoms with Gasteiger partial charge in [0.25, 0.3) is 5.91 Å². The second-order valence-corrected chi connectivity index (χ2v) is 7.99. The van der Waals surface area contributed by atoms with Gasteiger partial charge < -0.3 is 19.1 Å². The van der Waals surface area contributed by atoms with Crippen LogP contribution < -0.4 is 0 Å². The van der Waals surface area contributed by atoms with Gasteiger partial charge in [0.2, 0.25) is 5.91 Å². The van der Waals surface area contributed by atoms with E-state index in [2.05, 4.69) is 23.6 Å². The summed E-state index contributed by atoms with van der Waals surface area (Å²) in [6.45, 7) is 4.40. The lowest BCUT2D eigenvalue weighted by Gasteiger charge is -2.31. The number of nitrogens with zero attached hydrogens (tertiary/aromatic N) is 3. The van der Waals surface area contributed by atoms with Crippen molar-refractivity contribution in [3.05, 3.63) is 70.9 Å². The maximum atomic E-state index is 13.4. The molecule has 2 amide bonds. The Hall–Kier alpha value is -3.12. The number of morpholine rings is 1. The van der Waals surface area contributed by atoms with E-state index in [0.29, 0.717) is 31.9 Å². The quantitative estimate of drug-likeness (QED) is 0.676. The lowest BCUT2D eigenvalue weighted by atomic mass is 9.95. The number of carbonyl (C=O) groups is 2. The Bertz CT molecular complexity index is 1140. The third-order valence-corrected chi connectivity index (χ3v) is 6.45. The van der Waals surface area contributed by atoms with Crippen molar-refractivity contribution in [2.75, 3.05) is 32.8 Å². The summed E-state index contributed by atoms with van der Waals surface area (Å²) >= 11 is 0. The second kappa shape index (κ2) is 7.29. The molecule has 0 spiro atoms. The highest BCUT2D eigenvalue weighted by molar-refractivity contribution is 6.02.